The maximum atomic E-state index is 14.5. The molecular formula is C30H32ClN3O. The van der Waals surface area contributed by atoms with Crippen molar-refractivity contribution >= 4 is 29.0 Å². The lowest BCUT2D eigenvalue weighted by atomic mass is 9.82. The Hall–Kier alpha value is -2.95. The van der Waals surface area contributed by atoms with E-state index in [9.17, 15) is 4.79 Å². The fourth-order valence-electron chi connectivity index (χ4n) is 5.50. The van der Waals surface area contributed by atoms with E-state index < -0.39 is 0 Å². The second-order valence-electron chi connectivity index (χ2n) is 9.74. The Morgan fingerprint density at radius 3 is 2.40 bits per heavy atom. The van der Waals surface area contributed by atoms with Crippen LogP contribution < -0.4 is 0 Å². The molecule has 1 atom stereocenters. The maximum Gasteiger partial charge on any atom is 0.246 e. The molecule has 0 spiro atoms. The molecule has 3 aromatic rings. The fourth-order valence-corrected chi connectivity index (χ4v) is 5.63. The summed E-state index contributed by atoms with van der Waals surface area (Å²) in [5.41, 5.74) is 4.13. The highest BCUT2D eigenvalue weighted by atomic mass is 35.5. The lowest BCUT2D eigenvalue weighted by Gasteiger charge is -2.40. The van der Waals surface area contributed by atoms with Crippen LogP contribution in [0.2, 0.25) is 5.02 Å². The number of fused-ring (bicyclic) bond motifs is 1. The molecule has 1 aliphatic heterocycles. The van der Waals surface area contributed by atoms with Gasteiger partial charge in [-0.2, -0.15) is 0 Å². The summed E-state index contributed by atoms with van der Waals surface area (Å²) < 4.78 is 0. The van der Waals surface area contributed by atoms with E-state index in [0.29, 0.717) is 23.3 Å². The van der Waals surface area contributed by atoms with Crippen LogP contribution in [-0.4, -0.2) is 34.6 Å². The number of para-hydroxylation sites is 1. The van der Waals surface area contributed by atoms with E-state index in [-0.39, 0.29) is 11.9 Å². The number of halogens is 1. The van der Waals surface area contributed by atoms with E-state index in [1.807, 2.05) is 53.4 Å². The first-order valence-electron chi connectivity index (χ1n) is 12.6. The van der Waals surface area contributed by atoms with Crippen molar-refractivity contribution in [3.63, 3.8) is 0 Å². The average molecular weight is 486 g/mol. The van der Waals surface area contributed by atoms with Gasteiger partial charge in [0, 0.05) is 17.1 Å². The molecule has 2 aliphatic rings. The molecule has 1 fully saturated rings. The molecule has 180 valence electrons. The number of rotatable bonds is 6. The van der Waals surface area contributed by atoms with Crippen LogP contribution in [0, 0.1) is 5.92 Å². The van der Waals surface area contributed by atoms with Gasteiger partial charge < -0.3 is 0 Å². The van der Waals surface area contributed by atoms with Crippen LogP contribution in [-0.2, 0) is 17.9 Å². The van der Waals surface area contributed by atoms with Crippen LogP contribution in [0.25, 0.3) is 0 Å². The number of hydrogen-bond acceptors (Lipinski definition) is 3. The predicted molar refractivity (Wildman–Crippen MR) is 143 cm³/mol. The van der Waals surface area contributed by atoms with Crippen molar-refractivity contribution in [2.24, 2.45) is 10.9 Å². The third kappa shape index (κ3) is 5.34. The summed E-state index contributed by atoms with van der Waals surface area (Å²) in [6, 6.07) is 26.0. The SMILES string of the molecule is CN(Cc1ccccc1)C(C(=O)N1Cc2ccccc2N=C1c1ccc(Cl)cc1)C1CCCCC1. The highest BCUT2D eigenvalue weighted by Crippen LogP contribution is 2.34. The number of benzene rings is 3. The molecule has 1 saturated carbocycles. The zero-order valence-electron chi connectivity index (χ0n) is 20.2. The second kappa shape index (κ2) is 10.8. The molecule has 0 saturated heterocycles. The minimum Gasteiger partial charge on any atom is -0.291 e. The van der Waals surface area contributed by atoms with E-state index in [2.05, 4.69) is 42.3 Å². The summed E-state index contributed by atoms with van der Waals surface area (Å²) in [6.45, 7) is 1.27. The van der Waals surface area contributed by atoms with Crippen molar-refractivity contribution in [2.75, 3.05) is 7.05 Å². The van der Waals surface area contributed by atoms with Crippen LogP contribution in [0.3, 0.4) is 0 Å². The molecule has 1 unspecified atom stereocenters. The van der Waals surface area contributed by atoms with Crippen LogP contribution in [0.5, 0.6) is 0 Å². The van der Waals surface area contributed by atoms with E-state index in [0.717, 1.165) is 36.2 Å². The minimum absolute atomic E-state index is 0.138. The van der Waals surface area contributed by atoms with Crippen LogP contribution >= 0.6 is 11.6 Å². The molecule has 0 radical (unpaired) electrons. The van der Waals surface area contributed by atoms with Crippen LogP contribution in [0.15, 0.2) is 83.9 Å². The summed E-state index contributed by atoms with van der Waals surface area (Å²) in [7, 11) is 2.10. The fraction of sp³-hybridized carbons (Fsp3) is 0.333. The number of hydrogen-bond donors (Lipinski definition) is 0. The first-order chi connectivity index (χ1) is 17.1. The molecule has 5 rings (SSSR count). The van der Waals surface area contributed by atoms with Gasteiger partial charge in [-0.05, 0) is 67.3 Å². The monoisotopic (exact) mass is 485 g/mol. The van der Waals surface area contributed by atoms with Gasteiger partial charge in [0.1, 0.15) is 5.84 Å². The van der Waals surface area contributed by atoms with Gasteiger partial charge in [0.25, 0.3) is 0 Å². The summed E-state index contributed by atoms with van der Waals surface area (Å²) in [5.74, 6) is 1.19. The molecule has 1 amide bonds. The average Bonchev–Trinajstić information content (AvgIpc) is 2.89. The molecule has 3 aromatic carbocycles. The minimum atomic E-state index is -0.196. The Kier molecular flexibility index (Phi) is 7.31. The van der Waals surface area contributed by atoms with Crippen molar-refractivity contribution in [2.45, 2.75) is 51.2 Å². The van der Waals surface area contributed by atoms with Crippen molar-refractivity contribution in [3.05, 3.63) is 101 Å². The van der Waals surface area contributed by atoms with Crippen LogP contribution in [0.1, 0.15) is 48.8 Å². The summed E-state index contributed by atoms with van der Waals surface area (Å²) in [5, 5.41) is 0.672. The number of carbonyl (C=O) groups is 1. The first kappa shape index (κ1) is 23.8. The predicted octanol–water partition coefficient (Wildman–Crippen LogP) is 6.84. The lowest BCUT2D eigenvalue weighted by molar-refractivity contribution is -0.136. The van der Waals surface area contributed by atoms with Gasteiger partial charge in [-0.1, -0.05) is 79.4 Å². The normalized spacial score (nSPS) is 17.1. The molecule has 0 bridgehead atoms. The molecule has 0 N–H and O–H groups in total. The molecule has 5 heteroatoms. The third-order valence-electron chi connectivity index (χ3n) is 7.27. The highest BCUT2D eigenvalue weighted by molar-refractivity contribution is 6.30. The Labute approximate surface area is 213 Å². The summed E-state index contributed by atoms with van der Waals surface area (Å²) >= 11 is 6.17. The number of likely N-dealkylation sites (N-methyl/N-ethyl adjacent to an activating group) is 1. The van der Waals surface area contributed by atoms with E-state index in [4.69, 9.17) is 16.6 Å². The van der Waals surface area contributed by atoms with Crippen molar-refractivity contribution in [1.29, 1.82) is 0 Å². The first-order valence-corrected chi connectivity index (χ1v) is 13.0. The topological polar surface area (TPSA) is 35.9 Å². The third-order valence-corrected chi connectivity index (χ3v) is 7.52. The number of nitrogens with zero attached hydrogens (tertiary/aromatic N) is 3. The Bertz CT molecular complexity index is 1190. The Balaban J connectivity index is 1.51. The van der Waals surface area contributed by atoms with Crippen molar-refractivity contribution in [3.8, 4) is 0 Å². The Morgan fingerprint density at radius 2 is 1.66 bits per heavy atom. The van der Waals surface area contributed by atoms with Gasteiger partial charge in [-0.15, -0.1) is 0 Å². The number of carbonyl (C=O) groups excluding carboxylic acids is 1. The number of amides is 1. The molecule has 35 heavy (non-hydrogen) atoms. The lowest BCUT2D eigenvalue weighted by Crippen LogP contribution is -2.53. The van der Waals surface area contributed by atoms with Gasteiger partial charge in [0.2, 0.25) is 5.91 Å². The quantitative estimate of drug-likeness (QED) is 0.383. The van der Waals surface area contributed by atoms with Gasteiger partial charge >= 0.3 is 0 Å². The largest absolute Gasteiger partial charge is 0.291 e. The highest BCUT2D eigenvalue weighted by Gasteiger charge is 2.38. The van der Waals surface area contributed by atoms with Gasteiger partial charge in [0.05, 0.1) is 18.3 Å². The zero-order valence-corrected chi connectivity index (χ0v) is 21.0. The molecule has 0 aromatic heterocycles. The van der Waals surface area contributed by atoms with Crippen molar-refractivity contribution < 1.29 is 4.79 Å². The van der Waals surface area contributed by atoms with Crippen LogP contribution in [0.4, 0.5) is 5.69 Å². The van der Waals surface area contributed by atoms with Gasteiger partial charge in [-0.3, -0.25) is 14.6 Å². The van der Waals surface area contributed by atoms with Crippen molar-refractivity contribution in [1.82, 2.24) is 9.80 Å². The standard InChI is InChI=1S/C30H32ClN3O/c1-33(20-22-10-4-2-5-11-22)28(23-12-6-3-7-13-23)30(35)34-21-25-14-8-9-15-27(25)32-29(34)24-16-18-26(31)19-17-24/h2,4-5,8-11,14-19,23,28H,3,6-7,12-13,20-21H2,1H3. The number of aliphatic imine (C=N–C) groups is 1. The van der Waals surface area contributed by atoms with E-state index in [1.165, 1.54) is 24.8 Å². The molecular weight excluding hydrogens is 454 g/mol. The van der Waals surface area contributed by atoms with Gasteiger partial charge in [0.15, 0.2) is 0 Å². The molecule has 4 nitrogen and oxygen atoms in total. The maximum absolute atomic E-state index is 14.5. The number of amidine groups is 1. The van der Waals surface area contributed by atoms with E-state index >= 15 is 0 Å². The molecule has 1 heterocycles. The molecule has 1 aliphatic carbocycles. The zero-order chi connectivity index (χ0) is 24.2. The Morgan fingerprint density at radius 1 is 0.971 bits per heavy atom. The second-order valence-corrected chi connectivity index (χ2v) is 10.2. The smallest absolute Gasteiger partial charge is 0.246 e. The summed E-state index contributed by atoms with van der Waals surface area (Å²) in [6.07, 6.45) is 5.82. The van der Waals surface area contributed by atoms with E-state index in [1.54, 1.807) is 0 Å². The van der Waals surface area contributed by atoms with Gasteiger partial charge in [-0.25, -0.2) is 4.99 Å². The summed E-state index contributed by atoms with van der Waals surface area (Å²) in [4.78, 5) is 23.6.